The van der Waals surface area contributed by atoms with E-state index in [0.29, 0.717) is 6.42 Å². The van der Waals surface area contributed by atoms with Gasteiger partial charge in [0, 0.05) is 38.3 Å². The Labute approximate surface area is 156 Å². The quantitative estimate of drug-likeness (QED) is 0.890. The van der Waals surface area contributed by atoms with Crippen molar-refractivity contribution in [2.24, 2.45) is 0 Å². The number of hydrogen-bond donors (Lipinski definition) is 1. The second-order valence-corrected chi connectivity index (χ2v) is 6.90. The fourth-order valence-electron chi connectivity index (χ4n) is 3.35. The molecule has 2 aromatic rings. The van der Waals surface area contributed by atoms with E-state index in [9.17, 15) is 4.79 Å². The summed E-state index contributed by atoms with van der Waals surface area (Å²) >= 11 is 0. The van der Waals surface area contributed by atoms with Crippen LogP contribution in [0.4, 0.5) is 17.2 Å². The highest BCUT2D eigenvalue weighted by Gasteiger charge is 2.19. The first kappa shape index (κ1) is 18.2. The van der Waals surface area contributed by atoms with Crippen LogP contribution >= 0.6 is 0 Å². The Morgan fingerprint density at radius 1 is 1.08 bits per heavy atom. The summed E-state index contributed by atoms with van der Waals surface area (Å²) in [6.07, 6.45) is 3.14. The second-order valence-electron chi connectivity index (χ2n) is 6.90. The number of piperazine rings is 1. The van der Waals surface area contributed by atoms with Crippen LogP contribution in [-0.4, -0.2) is 37.1 Å². The smallest absolute Gasteiger partial charge is 0.224 e. The first-order valence-corrected chi connectivity index (χ1v) is 9.40. The van der Waals surface area contributed by atoms with Gasteiger partial charge in [0.25, 0.3) is 0 Å². The molecule has 0 bridgehead atoms. The molecule has 1 amide bonds. The van der Waals surface area contributed by atoms with E-state index in [1.807, 2.05) is 19.1 Å². The minimum atomic E-state index is 0.0455. The number of carbonyl (C=O) groups is 1. The van der Waals surface area contributed by atoms with E-state index in [1.165, 1.54) is 16.8 Å². The molecule has 1 N–H and O–H groups in total. The number of anilines is 3. The summed E-state index contributed by atoms with van der Waals surface area (Å²) < 4.78 is 0. The van der Waals surface area contributed by atoms with Gasteiger partial charge in [0.15, 0.2) is 0 Å². The molecule has 0 radical (unpaired) electrons. The Balaban J connectivity index is 1.59. The topological polar surface area (TPSA) is 48.5 Å². The third-order valence-corrected chi connectivity index (χ3v) is 5.03. The Kier molecular flexibility index (Phi) is 5.76. The van der Waals surface area contributed by atoms with Crippen LogP contribution in [0.2, 0.25) is 0 Å². The summed E-state index contributed by atoms with van der Waals surface area (Å²) in [4.78, 5) is 21.0. The predicted molar refractivity (Wildman–Crippen MR) is 108 cm³/mol. The molecule has 2 heterocycles. The number of hydrogen-bond acceptors (Lipinski definition) is 4. The van der Waals surface area contributed by atoms with Gasteiger partial charge >= 0.3 is 0 Å². The highest BCUT2D eigenvalue weighted by atomic mass is 16.1. The molecule has 0 atom stereocenters. The van der Waals surface area contributed by atoms with E-state index in [0.717, 1.165) is 44.1 Å². The van der Waals surface area contributed by atoms with Crippen LogP contribution < -0.4 is 15.1 Å². The molecule has 1 fully saturated rings. The minimum Gasteiger partial charge on any atom is -0.368 e. The van der Waals surface area contributed by atoms with E-state index < -0.39 is 0 Å². The SMILES string of the molecule is CCCC(=O)Nc1ccc(N2CCN(c3cccc(C)c3C)CC2)nc1. The molecular formula is C21H28N4O. The van der Waals surface area contributed by atoms with Crippen molar-refractivity contribution in [2.75, 3.05) is 41.3 Å². The molecule has 1 aromatic carbocycles. The van der Waals surface area contributed by atoms with Gasteiger partial charge in [0.1, 0.15) is 5.82 Å². The number of carbonyl (C=O) groups excluding carboxylic acids is 1. The summed E-state index contributed by atoms with van der Waals surface area (Å²) in [5, 5.41) is 2.88. The number of nitrogens with one attached hydrogen (secondary N) is 1. The maximum atomic E-state index is 11.7. The lowest BCUT2D eigenvalue weighted by atomic mass is 10.1. The van der Waals surface area contributed by atoms with E-state index in [-0.39, 0.29) is 5.91 Å². The van der Waals surface area contributed by atoms with Crippen molar-refractivity contribution >= 4 is 23.1 Å². The molecule has 0 aliphatic carbocycles. The molecule has 0 unspecified atom stereocenters. The van der Waals surface area contributed by atoms with E-state index in [2.05, 4.69) is 52.1 Å². The van der Waals surface area contributed by atoms with Gasteiger partial charge in [0.2, 0.25) is 5.91 Å². The Morgan fingerprint density at radius 3 is 2.46 bits per heavy atom. The predicted octanol–water partition coefficient (Wildman–Crippen LogP) is 3.76. The van der Waals surface area contributed by atoms with Crippen molar-refractivity contribution in [1.29, 1.82) is 0 Å². The molecule has 138 valence electrons. The van der Waals surface area contributed by atoms with Gasteiger partial charge in [0.05, 0.1) is 11.9 Å². The van der Waals surface area contributed by atoms with Crippen molar-refractivity contribution in [3.63, 3.8) is 0 Å². The average Bonchev–Trinajstić information content (AvgIpc) is 2.65. The zero-order valence-corrected chi connectivity index (χ0v) is 16.0. The summed E-state index contributed by atoms with van der Waals surface area (Å²) in [7, 11) is 0. The molecule has 1 aliphatic rings. The van der Waals surface area contributed by atoms with Crippen molar-refractivity contribution in [1.82, 2.24) is 4.98 Å². The summed E-state index contributed by atoms with van der Waals surface area (Å²) in [6.45, 7) is 10.2. The van der Waals surface area contributed by atoms with Gasteiger partial charge in [-0.15, -0.1) is 0 Å². The Hall–Kier alpha value is -2.56. The molecule has 5 nitrogen and oxygen atoms in total. The number of aromatic nitrogens is 1. The second kappa shape index (κ2) is 8.21. The maximum absolute atomic E-state index is 11.7. The fraction of sp³-hybridized carbons (Fsp3) is 0.429. The Bertz CT molecular complexity index is 749. The molecule has 0 spiro atoms. The molecule has 1 aromatic heterocycles. The van der Waals surface area contributed by atoms with E-state index in [1.54, 1.807) is 6.20 Å². The standard InChI is InChI=1S/C21H28N4O/c1-4-6-21(26)23-18-9-10-20(22-15-18)25-13-11-24(12-14-25)19-8-5-7-16(2)17(19)3/h5,7-10,15H,4,6,11-14H2,1-3H3,(H,23,26). The summed E-state index contributed by atoms with van der Waals surface area (Å²) in [5.41, 5.74) is 4.81. The molecular weight excluding hydrogens is 324 g/mol. The van der Waals surface area contributed by atoms with Crippen LogP contribution in [0.25, 0.3) is 0 Å². The maximum Gasteiger partial charge on any atom is 0.224 e. The zero-order valence-electron chi connectivity index (χ0n) is 16.0. The number of benzene rings is 1. The minimum absolute atomic E-state index is 0.0455. The zero-order chi connectivity index (χ0) is 18.5. The van der Waals surface area contributed by atoms with E-state index >= 15 is 0 Å². The van der Waals surface area contributed by atoms with Gasteiger partial charge in [-0.05, 0) is 49.6 Å². The molecule has 5 heteroatoms. The van der Waals surface area contributed by atoms with Crippen LogP contribution in [0.3, 0.4) is 0 Å². The lowest BCUT2D eigenvalue weighted by Gasteiger charge is -2.37. The fourth-order valence-corrected chi connectivity index (χ4v) is 3.35. The number of pyridine rings is 1. The molecule has 0 saturated carbocycles. The number of aryl methyl sites for hydroxylation is 1. The van der Waals surface area contributed by atoms with Crippen LogP contribution in [0.1, 0.15) is 30.9 Å². The van der Waals surface area contributed by atoms with Gasteiger partial charge in [-0.1, -0.05) is 19.1 Å². The largest absolute Gasteiger partial charge is 0.368 e. The van der Waals surface area contributed by atoms with Crippen molar-refractivity contribution in [3.05, 3.63) is 47.7 Å². The average molecular weight is 352 g/mol. The highest BCUT2D eigenvalue weighted by molar-refractivity contribution is 5.90. The third-order valence-electron chi connectivity index (χ3n) is 5.03. The first-order valence-electron chi connectivity index (χ1n) is 9.40. The number of nitrogens with zero attached hydrogens (tertiary/aromatic N) is 3. The van der Waals surface area contributed by atoms with Crippen LogP contribution in [0, 0.1) is 13.8 Å². The van der Waals surface area contributed by atoms with Gasteiger partial charge < -0.3 is 15.1 Å². The molecule has 1 aliphatic heterocycles. The highest BCUT2D eigenvalue weighted by Crippen LogP contribution is 2.25. The van der Waals surface area contributed by atoms with E-state index in [4.69, 9.17) is 0 Å². The normalized spacial score (nSPS) is 14.4. The van der Waals surface area contributed by atoms with Gasteiger partial charge in [-0.25, -0.2) is 4.98 Å². The van der Waals surface area contributed by atoms with Gasteiger partial charge in [-0.3, -0.25) is 4.79 Å². The molecule has 1 saturated heterocycles. The van der Waals surface area contributed by atoms with Crippen molar-refractivity contribution in [3.8, 4) is 0 Å². The summed E-state index contributed by atoms with van der Waals surface area (Å²) in [6, 6.07) is 10.4. The lowest BCUT2D eigenvalue weighted by Crippen LogP contribution is -2.47. The molecule has 26 heavy (non-hydrogen) atoms. The van der Waals surface area contributed by atoms with Crippen LogP contribution in [-0.2, 0) is 4.79 Å². The molecule has 3 rings (SSSR count). The lowest BCUT2D eigenvalue weighted by molar-refractivity contribution is -0.116. The Morgan fingerprint density at radius 2 is 1.81 bits per heavy atom. The van der Waals surface area contributed by atoms with Gasteiger partial charge in [-0.2, -0.15) is 0 Å². The monoisotopic (exact) mass is 352 g/mol. The van der Waals surface area contributed by atoms with Crippen LogP contribution in [0.15, 0.2) is 36.5 Å². The third kappa shape index (κ3) is 4.15. The first-order chi connectivity index (χ1) is 12.6. The summed E-state index contributed by atoms with van der Waals surface area (Å²) in [5.74, 6) is 1.02. The number of rotatable bonds is 5. The van der Waals surface area contributed by atoms with Crippen molar-refractivity contribution < 1.29 is 4.79 Å². The van der Waals surface area contributed by atoms with Crippen molar-refractivity contribution in [2.45, 2.75) is 33.6 Å². The van der Waals surface area contributed by atoms with Crippen LogP contribution in [0.5, 0.6) is 0 Å². The number of amides is 1.